The summed E-state index contributed by atoms with van der Waals surface area (Å²) in [4.78, 5) is 0. The van der Waals surface area contributed by atoms with E-state index < -0.39 is 0 Å². The molecule has 0 unspecified atom stereocenters. The number of aliphatic hydroxyl groups excluding tert-OH is 1. The van der Waals surface area contributed by atoms with E-state index in [0.717, 1.165) is 37.0 Å². The Morgan fingerprint density at radius 3 is 2.64 bits per heavy atom. The van der Waals surface area contributed by atoms with Gasteiger partial charge in [0.1, 0.15) is 0 Å². The van der Waals surface area contributed by atoms with Crippen molar-refractivity contribution in [3.05, 3.63) is 11.6 Å². The van der Waals surface area contributed by atoms with Crippen LogP contribution in [0.25, 0.3) is 0 Å². The van der Waals surface area contributed by atoms with Gasteiger partial charge in [-0.25, -0.2) is 0 Å². The highest BCUT2D eigenvalue weighted by atomic mass is 16.3. The Labute approximate surface area is 134 Å². The van der Waals surface area contributed by atoms with Crippen molar-refractivity contribution in [3.8, 4) is 0 Å². The molecule has 0 aliphatic heterocycles. The molecule has 0 spiro atoms. The summed E-state index contributed by atoms with van der Waals surface area (Å²) in [6.07, 6.45) is 11.6. The molecule has 122 valence electrons. The zero-order chi connectivity index (χ0) is 15.5. The molecule has 4 aliphatic rings. The Morgan fingerprint density at radius 2 is 1.86 bits per heavy atom. The van der Waals surface area contributed by atoms with Gasteiger partial charge < -0.3 is 10.9 Å². The summed E-state index contributed by atoms with van der Waals surface area (Å²) in [7, 11) is 0. The van der Waals surface area contributed by atoms with Crippen molar-refractivity contribution in [1.82, 2.24) is 0 Å². The first-order chi connectivity index (χ1) is 10.5. The van der Waals surface area contributed by atoms with E-state index in [4.69, 9.17) is 5.84 Å². The second-order valence-electron chi connectivity index (χ2n) is 8.73. The van der Waals surface area contributed by atoms with Crippen LogP contribution in [0.15, 0.2) is 16.8 Å². The molecular weight excluding hydrogens is 272 g/mol. The Hall–Kier alpha value is -0.830. The lowest BCUT2D eigenvalue weighted by Gasteiger charge is -2.57. The number of hydrogen-bond donors (Lipinski definition) is 2. The molecule has 0 aromatic carbocycles. The zero-order valence-electron chi connectivity index (χ0n) is 14.0. The van der Waals surface area contributed by atoms with E-state index in [1.54, 1.807) is 5.57 Å². The smallest absolute Gasteiger partial charge is 0.0577 e. The highest BCUT2D eigenvalue weighted by molar-refractivity contribution is 5.92. The van der Waals surface area contributed by atoms with Gasteiger partial charge in [-0.1, -0.05) is 25.5 Å². The van der Waals surface area contributed by atoms with Gasteiger partial charge in [-0.15, -0.1) is 0 Å². The van der Waals surface area contributed by atoms with E-state index in [2.05, 4.69) is 25.0 Å². The molecule has 3 saturated carbocycles. The largest absolute Gasteiger partial charge is 0.393 e. The molecule has 0 saturated heterocycles. The van der Waals surface area contributed by atoms with Crippen molar-refractivity contribution in [1.29, 1.82) is 0 Å². The summed E-state index contributed by atoms with van der Waals surface area (Å²) >= 11 is 0. The van der Waals surface area contributed by atoms with E-state index in [-0.39, 0.29) is 11.5 Å². The summed E-state index contributed by atoms with van der Waals surface area (Å²) in [5.41, 5.74) is 3.43. The molecule has 3 fully saturated rings. The number of hydrogen-bond acceptors (Lipinski definition) is 3. The summed E-state index contributed by atoms with van der Waals surface area (Å²) in [5.74, 6) is 8.04. The number of aliphatic hydroxyl groups is 1. The standard InChI is InChI=1S/C19H30N2O/c1-18-9-7-13(22)11-12(18)3-4-14-15-5-6-17(21-20)19(15,2)10-8-16(14)18/h3,13-16,22H,4-11,20H2,1-2H3/b21-17-/t13-,14+,15+,16+,18+,19+/m1/s1. The molecule has 4 aliphatic carbocycles. The van der Waals surface area contributed by atoms with Crippen LogP contribution in [0.4, 0.5) is 0 Å². The molecule has 0 heterocycles. The number of allylic oxidation sites excluding steroid dienone is 1. The van der Waals surface area contributed by atoms with Crippen LogP contribution in [-0.2, 0) is 0 Å². The van der Waals surface area contributed by atoms with Gasteiger partial charge in [0.05, 0.1) is 6.10 Å². The van der Waals surface area contributed by atoms with Crippen molar-refractivity contribution < 1.29 is 5.11 Å². The van der Waals surface area contributed by atoms with Gasteiger partial charge in [0, 0.05) is 11.1 Å². The van der Waals surface area contributed by atoms with Crippen LogP contribution in [0, 0.1) is 28.6 Å². The summed E-state index contributed by atoms with van der Waals surface area (Å²) < 4.78 is 0. The number of rotatable bonds is 0. The van der Waals surface area contributed by atoms with Crippen molar-refractivity contribution in [3.63, 3.8) is 0 Å². The Balaban J connectivity index is 1.69. The second kappa shape index (κ2) is 4.83. The van der Waals surface area contributed by atoms with E-state index in [1.807, 2.05) is 0 Å². The number of nitrogens with zero attached hydrogens (tertiary/aromatic N) is 1. The van der Waals surface area contributed by atoms with Crippen molar-refractivity contribution in [2.24, 2.45) is 39.5 Å². The third-order valence-electron chi connectivity index (χ3n) is 7.97. The highest BCUT2D eigenvalue weighted by Crippen LogP contribution is 2.64. The predicted octanol–water partition coefficient (Wildman–Crippen LogP) is 3.62. The first kappa shape index (κ1) is 14.7. The number of fused-ring (bicyclic) bond motifs is 5. The first-order valence-corrected chi connectivity index (χ1v) is 9.14. The molecule has 3 heteroatoms. The second-order valence-corrected chi connectivity index (χ2v) is 8.73. The van der Waals surface area contributed by atoms with Gasteiger partial charge >= 0.3 is 0 Å². The Morgan fingerprint density at radius 1 is 1.14 bits per heavy atom. The fourth-order valence-corrected chi connectivity index (χ4v) is 6.64. The molecule has 6 atom stereocenters. The highest BCUT2D eigenvalue weighted by Gasteiger charge is 2.57. The van der Waals surface area contributed by atoms with Gasteiger partial charge in [-0.05, 0) is 74.5 Å². The zero-order valence-corrected chi connectivity index (χ0v) is 14.0. The topological polar surface area (TPSA) is 58.6 Å². The molecule has 0 bridgehead atoms. The van der Waals surface area contributed by atoms with E-state index in [9.17, 15) is 5.11 Å². The number of nitrogens with two attached hydrogens (primary N) is 1. The van der Waals surface area contributed by atoms with E-state index >= 15 is 0 Å². The van der Waals surface area contributed by atoms with Crippen LogP contribution in [0.5, 0.6) is 0 Å². The maximum atomic E-state index is 10.0. The molecule has 0 aromatic heterocycles. The lowest BCUT2D eigenvalue weighted by molar-refractivity contribution is -0.0209. The van der Waals surface area contributed by atoms with Crippen LogP contribution < -0.4 is 5.84 Å². The van der Waals surface area contributed by atoms with Crippen molar-refractivity contribution in [2.75, 3.05) is 0 Å². The van der Waals surface area contributed by atoms with Gasteiger partial charge in [0.2, 0.25) is 0 Å². The normalized spacial score (nSPS) is 52.7. The van der Waals surface area contributed by atoms with E-state index in [1.165, 1.54) is 37.8 Å². The maximum absolute atomic E-state index is 10.0. The molecular formula is C19H30N2O. The average Bonchev–Trinajstić information content (AvgIpc) is 2.84. The van der Waals surface area contributed by atoms with Crippen molar-refractivity contribution >= 4 is 5.71 Å². The van der Waals surface area contributed by atoms with Gasteiger partial charge in [0.15, 0.2) is 0 Å². The Bertz CT molecular complexity index is 540. The maximum Gasteiger partial charge on any atom is 0.0577 e. The van der Waals surface area contributed by atoms with E-state index in [0.29, 0.717) is 5.41 Å². The monoisotopic (exact) mass is 302 g/mol. The average molecular weight is 302 g/mol. The molecule has 22 heavy (non-hydrogen) atoms. The van der Waals surface area contributed by atoms with Crippen LogP contribution in [-0.4, -0.2) is 16.9 Å². The molecule has 0 amide bonds. The lowest BCUT2D eigenvalue weighted by Crippen LogP contribution is -2.50. The lowest BCUT2D eigenvalue weighted by atomic mass is 9.48. The molecule has 0 aromatic rings. The van der Waals surface area contributed by atoms with Crippen LogP contribution in [0.3, 0.4) is 0 Å². The fraction of sp³-hybridized carbons (Fsp3) is 0.842. The van der Waals surface area contributed by atoms with Crippen LogP contribution >= 0.6 is 0 Å². The quantitative estimate of drug-likeness (QED) is 0.408. The minimum absolute atomic E-state index is 0.104. The summed E-state index contributed by atoms with van der Waals surface area (Å²) in [6, 6.07) is 0. The molecule has 3 nitrogen and oxygen atoms in total. The minimum atomic E-state index is -0.104. The first-order valence-electron chi connectivity index (χ1n) is 9.14. The van der Waals surface area contributed by atoms with Crippen molar-refractivity contribution in [2.45, 2.75) is 71.3 Å². The summed E-state index contributed by atoms with van der Waals surface area (Å²) in [5, 5.41) is 14.2. The van der Waals surface area contributed by atoms with Crippen LogP contribution in [0.2, 0.25) is 0 Å². The van der Waals surface area contributed by atoms with Gasteiger partial charge in [-0.2, -0.15) is 5.10 Å². The molecule has 0 radical (unpaired) electrons. The van der Waals surface area contributed by atoms with Gasteiger partial charge in [0.25, 0.3) is 0 Å². The SMILES string of the molecule is C[C@]12CC[C@@H](O)CC1=CC[C@@H]1[C@@H]2CC[C@]2(C)/C(=N\N)CC[C@@H]12. The molecule has 3 N–H and O–H groups in total. The van der Waals surface area contributed by atoms with Crippen LogP contribution in [0.1, 0.15) is 65.2 Å². The predicted molar refractivity (Wildman–Crippen MR) is 89.3 cm³/mol. The third-order valence-corrected chi connectivity index (χ3v) is 7.97. The third kappa shape index (κ3) is 1.81. The Kier molecular flexibility index (Phi) is 3.24. The number of hydrazone groups is 1. The fourth-order valence-electron chi connectivity index (χ4n) is 6.64. The molecule has 4 rings (SSSR count). The van der Waals surface area contributed by atoms with Gasteiger partial charge in [-0.3, -0.25) is 0 Å². The summed E-state index contributed by atoms with van der Waals surface area (Å²) in [6.45, 7) is 4.90. The minimum Gasteiger partial charge on any atom is -0.393 e.